The lowest BCUT2D eigenvalue weighted by Crippen LogP contribution is -2.47. The Morgan fingerprint density at radius 1 is 1.08 bits per heavy atom. The van der Waals surface area contributed by atoms with Gasteiger partial charge in [-0.3, -0.25) is 19.4 Å². The highest BCUT2D eigenvalue weighted by Crippen LogP contribution is 2.09. The van der Waals surface area contributed by atoms with E-state index < -0.39 is 17.9 Å². The summed E-state index contributed by atoms with van der Waals surface area (Å²) in [4.78, 5) is 40.2. The number of nitrogens with zero attached hydrogens (tertiary/aromatic N) is 1. The van der Waals surface area contributed by atoms with Crippen LogP contribution >= 0.6 is 0 Å². The fraction of sp³-hybridized carbons (Fsp3) is 0.263. The van der Waals surface area contributed by atoms with Gasteiger partial charge in [0.05, 0.1) is 6.42 Å². The van der Waals surface area contributed by atoms with Crippen LogP contribution in [0.25, 0.3) is 0 Å². The molecule has 25 heavy (non-hydrogen) atoms. The maximum atomic E-state index is 12.3. The molecule has 0 saturated heterocycles. The number of primary amides is 1. The van der Waals surface area contributed by atoms with E-state index >= 15 is 0 Å². The van der Waals surface area contributed by atoms with Crippen LogP contribution in [0, 0.1) is 5.92 Å². The van der Waals surface area contributed by atoms with Crippen LogP contribution in [0.15, 0.2) is 48.7 Å². The van der Waals surface area contributed by atoms with Crippen molar-refractivity contribution in [2.75, 3.05) is 0 Å². The van der Waals surface area contributed by atoms with Crippen molar-refractivity contribution in [3.63, 3.8) is 0 Å². The number of aromatic nitrogens is 1. The maximum Gasteiger partial charge on any atom is 0.252 e. The van der Waals surface area contributed by atoms with Crippen molar-refractivity contribution in [2.24, 2.45) is 11.7 Å². The van der Waals surface area contributed by atoms with Crippen LogP contribution in [0.1, 0.15) is 40.3 Å². The average Bonchev–Trinajstić information content (AvgIpc) is 2.59. The molecule has 0 spiro atoms. The fourth-order valence-electron chi connectivity index (χ4n) is 2.40. The molecule has 1 heterocycles. The summed E-state index contributed by atoms with van der Waals surface area (Å²) in [5.41, 5.74) is 6.72. The summed E-state index contributed by atoms with van der Waals surface area (Å²) >= 11 is 0. The number of pyridine rings is 1. The van der Waals surface area contributed by atoms with Gasteiger partial charge in [-0.05, 0) is 18.1 Å². The monoisotopic (exact) mass is 339 g/mol. The van der Waals surface area contributed by atoms with Crippen LogP contribution in [0.2, 0.25) is 0 Å². The van der Waals surface area contributed by atoms with Crippen molar-refractivity contribution >= 4 is 17.6 Å². The average molecular weight is 339 g/mol. The van der Waals surface area contributed by atoms with E-state index in [9.17, 15) is 14.4 Å². The van der Waals surface area contributed by atoms with E-state index in [1.807, 2.05) is 6.07 Å². The van der Waals surface area contributed by atoms with Gasteiger partial charge < -0.3 is 11.1 Å². The van der Waals surface area contributed by atoms with Gasteiger partial charge in [0.25, 0.3) is 5.91 Å². The molecule has 130 valence electrons. The molecule has 0 aliphatic carbocycles. The number of hydrogen-bond donors (Lipinski definition) is 2. The molecule has 6 heteroatoms. The maximum absolute atomic E-state index is 12.3. The van der Waals surface area contributed by atoms with E-state index in [0.717, 1.165) is 0 Å². The summed E-state index contributed by atoms with van der Waals surface area (Å²) in [5.74, 6) is -1.21. The first kappa shape index (κ1) is 18.3. The number of benzene rings is 1. The third-order valence-corrected chi connectivity index (χ3v) is 3.78. The third kappa shape index (κ3) is 4.97. The molecule has 2 amide bonds. The Morgan fingerprint density at radius 2 is 1.76 bits per heavy atom. The number of nitrogens with two attached hydrogens (primary N) is 1. The summed E-state index contributed by atoms with van der Waals surface area (Å²) in [7, 11) is 0. The Bertz CT molecular complexity index is 772. The fourth-order valence-corrected chi connectivity index (χ4v) is 2.40. The van der Waals surface area contributed by atoms with Gasteiger partial charge in [-0.15, -0.1) is 0 Å². The van der Waals surface area contributed by atoms with E-state index in [0.29, 0.717) is 16.8 Å². The Labute approximate surface area is 146 Å². The summed E-state index contributed by atoms with van der Waals surface area (Å²) in [5, 5.41) is 2.62. The smallest absolute Gasteiger partial charge is 0.252 e. The number of Topliss-reactive ketones (excluding diaryl/α,β-unsaturated/α-hetero) is 1. The second-order valence-electron chi connectivity index (χ2n) is 6.10. The third-order valence-electron chi connectivity index (χ3n) is 3.78. The molecule has 0 saturated carbocycles. The predicted octanol–water partition coefficient (Wildman–Crippen LogP) is 1.75. The van der Waals surface area contributed by atoms with Crippen molar-refractivity contribution in [3.05, 3.63) is 65.5 Å². The molecule has 0 radical (unpaired) electrons. The Balaban J connectivity index is 2.11. The highest BCUT2D eigenvalue weighted by Gasteiger charge is 2.22. The first-order chi connectivity index (χ1) is 11.9. The highest BCUT2D eigenvalue weighted by atomic mass is 16.2. The summed E-state index contributed by atoms with van der Waals surface area (Å²) in [6.07, 6.45) is 1.56. The standard InChI is InChI=1S/C19H21N3O3/c1-12(2)17(18(20)24)22-19(25)14-8-9-21-15(10-14)11-16(23)13-6-4-3-5-7-13/h3-10,12,17H,11H2,1-2H3,(H2,20,24)(H,22,25). The zero-order valence-corrected chi connectivity index (χ0v) is 14.2. The van der Waals surface area contributed by atoms with Crippen LogP contribution < -0.4 is 11.1 Å². The number of carbonyl (C=O) groups is 3. The van der Waals surface area contributed by atoms with Gasteiger partial charge in [0.15, 0.2) is 5.78 Å². The predicted molar refractivity (Wildman–Crippen MR) is 94.0 cm³/mol. The van der Waals surface area contributed by atoms with Crippen LogP contribution in [0.4, 0.5) is 0 Å². The minimum absolute atomic E-state index is 0.0807. The number of ketones is 1. The SMILES string of the molecule is CC(C)C(NC(=O)c1ccnc(CC(=O)c2ccccc2)c1)C(N)=O. The molecule has 0 bridgehead atoms. The Morgan fingerprint density at radius 3 is 2.36 bits per heavy atom. The second-order valence-corrected chi connectivity index (χ2v) is 6.10. The Kier molecular flexibility index (Phi) is 6.00. The van der Waals surface area contributed by atoms with Crippen LogP contribution in [-0.2, 0) is 11.2 Å². The molecule has 0 aliphatic rings. The quantitative estimate of drug-likeness (QED) is 0.750. The zero-order valence-electron chi connectivity index (χ0n) is 14.2. The molecule has 1 atom stereocenters. The second kappa shape index (κ2) is 8.19. The normalized spacial score (nSPS) is 11.8. The molecule has 3 N–H and O–H groups in total. The lowest BCUT2D eigenvalue weighted by atomic mass is 10.0. The minimum Gasteiger partial charge on any atom is -0.368 e. The lowest BCUT2D eigenvalue weighted by molar-refractivity contribution is -0.120. The van der Waals surface area contributed by atoms with E-state index in [2.05, 4.69) is 10.3 Å². The molecule has 0 aliphatic heterocycles. The van der Waals surface area contributed by atoms with Crippen molar-refractivity contribution < 1.29 is 14.4 Å². The molecular formula is C19H21N3O3. The number of hydrogen-bond acceptors (Lipinski definition) is 4. The van der Waals surface area contributed by atoms with Crippen molar-refractivity contribution in [1.82, 2.24) is 10.3 Å². The van der Waals surface area contributed by atoms with Crippen molar-refractivity contribution in [3.8, 4) is 0 Å². The van der Waals surface area contributed by atoms with Gasteiger partial charge in [0, 0.05) is 23.0 Å². The number of carbonyl (C=O) groups excluding carboxylic acids is 3. The number of nitrogens with one attached hydrogen (secondary N) is 1. The molecular weight excluding hydrogens is 318 g/mol. The summed E-state index contributed by atoms with van der Waals surface area (Å²) < 4.78 is 0. The number of rotatable bonds is 7. The molecule has 0 fully saturated rings. The van der Waals surface area contributed by atoms with E-state index in [-0.39, 0.29) is 18.1 Å². The van der Waals surface area contributed by atoms with Gasteiger partial charge in [-0.1, -0.05) is 44.2 Å². The Hall–Kier alpha value is -3.02. The van der Waals surface area contributed by atoms with E-state index in [1.54, 1.807) is 44.2 Å². The lowest BCUT2D eigenvalue weighted by Gasteiger charge is -2.19. The number of amides is 2. The first-order valence-corrected chi connectivity index (χ1v) is 8.02. The van der Waals surface area contributed by atoms with Gasteiger partial charge in [-0.25, -0.2) is 0 Å². The van der Waals surface area contributed by atoms with Gasteiger partial charge in [0.1, 0.15) is 6.04 Å². The summed E-state index contributed by atoms with van der Waals surface area (Å²) in [6, 6.07) is 11.2. The van der Waals surface area contributed by atoms with Crippen molar-refractivity contribution in [1.29, 1.82) is 0 Å². The van der Waals surface area contributed by atoms with E-state index in [1.165, 1.54) is 12.3 Å². The largest absolute Gasteiger partial charge is 0.368 e. The molecule has 6 nitrogen and oxygen atoms in total. The van der Waals surface area contributed by atoms with Crippen LogP contribution in [0.3, 0.4) is 0 Å². The topological polar surface area (TPSA) is 102 Å². The highest BCUT2D eigenvalue weighted by molar-refractivity contribution is 5.99. The van der Waals surface area contributed by atoms with Gasteiger partial charge in [0.2, 0.25) is 5.91 Å². The van der Waals surface area contributed by atoms with E-state index in [4.69, 9.17) is 5.73 Å². The van der Waals surface area contributed by atoms with Crippen LogP contribution in [0.5, 0.6) is 0 Å². The molecule has 2 aromatic rings. The zero-order chi connectivity index (χ0) is 18.4. The van der Waals surface area contributed by atoms with Crippen LogP contribution in [-0.4, -0.2) is 28.6 Å². The minimum atomic E-state index is -0.755. The molecule has 2 rings (SSSR count). The van der Waals surface area contributed by atoms with Gasteiger partial charge >= 0.3 is 0 Å². The first-order valence-electron chi connectivity index (χ1n) is 8.02. The van der Waals surface area contributed by atoms with Crippen molar-refractivity contribution in [2.45, 2.75) is 26.3 Å². The molecule has 1 aromatic carbocycles. The van der Waals surface area contributed by atoms with Gasteiger partial charge in [-0.2, -0.15) is 0 Å². The molecule has 1 aromatic heterocycles. The molecule has 1 unspecified atom stereocenters. The summed E-state index contributed by atoms with van der Waals surface area (Å²) in [6.45, 7) is 3.60.